The largest absolute Gasteiger partial charge is 0.464 e. The Morgan fingerprint density at radius 2 is 0.783 bits per heavy atom. The lowest BCUT2D eigenvalue weighted by atomic mass is 9.49. The molecule has 46 heavy (non-hydrogen) atoms. The van der Waals surface area contributed by atoms with Gasteiger partial charge in [0, 0.05) is 19.6 Å². The number of ether oxygens (including phenoxy) is 3. The highest BCUT2D eigenvalue weighted by molar-refractivity contribution is 5.78. The van der Waals surface area contributed by atoms with E-state index in [0.717, 1.165) is 50.4 Å². The van der Waals surface area contributed by atoms with Crippen LogP contribution < -0.4 is 0 Å². The van der Waals surface area contributed by atoms with E-state index in [0.29, 0.717) is 86.8 Å². The first-order chi connectivity index (χ1) is 22.3. The molecule has 0 aliphatic heterocycles. The maximum absolute atomic E-state index is 13.5. The van der Waals surface area contributed by atoms with Gasteiger partial charge in [-0.05, 0) is 168 Å². The summed E-state index contributed by atoms with van der Waals surface area (Å²) in [5, 5.41) is 0. The second-order valence-electron chi connectivity index (χ2n) is 18.6. The molecule has 254 valence electrons. The normalized spacial score (nSPS) is 47.0. The second-order valence-corrected chi connectivity index (χ2v) is 18.6. The van der Waals surface area contributed by atoms with Crippen LogP contribution in [0.4, 0.5) is 0 Å². The van der Waals surface area contributed by atoms with E-state index >= 15 is 0 Å². The summed E-state index contributed by atoms with van der Waals surface area (Å²) in [5.41, 5.74) is -0.498. The predicted octanol–water partition coefficient (Wildman–Crippen LogP) is 6.42. The number of carbonyl (C=O) groups is 3. The van der Waals surface area contributed by atoms with Crippen LogP contribution in [-0.2, 0) is 28.6 Å². The van der Waals surface area contributed by atoms with Gasteiger partial charge in [-0.3, -0.25) is 19.3 Å². The quantitative estimate of drug-likeness (QED) is 0.181. The summed E-state index contributed by atoms with van der Waals surface area (Å²) in [4.78, 5) is 42.6. The first kappa shape index (κ1) is 30.4. The standard InChI is InChI=1S/C39H57NO6/c41-35(34-32-14-24-7-25(16-32)17-33(34)15-24)44-4-1-40(2-5-45-36(42)38-18-26-8-27(19-38)10-28(9-26)20-38)3-6-46-37(43)39-21-29-11-30(22-39)13-31(12-29)23-39/h24-34H,1-23H2. The minimum absolute atomic E-state index is 0.00948. The molecule has 0 heterocycles. The molecule has 0 aromatic rings. The molecule has 12 aliphatic rings. The molecule has 12 bridgehead atoms. The van der Waals surface area contributed by atoms with Crippen LogP contribution in [0.15, 0.2) is 0 Å². The van der Waals surface area contributed by atoms with Gasteiger partial charge < -0.3 is 14.2 Å². The van der Waals surface area contributed by atoms with Crippen LogP contribution in [0.25, 0.3) is 0 Å². The molecule has 0 N–H and O–H groups in total. The van der Waals surface area contributed by atoms with Gasteiger partial charge in [-0.15, -0.1) is 0 Å². The van der Waals surface area contributed by atoms with Crippen molar-refractivity contribution in [1.29, 1.82) is 0 Å². The summed E-state index contributed by atoms with van der Waals surface area (Å²) in [6.07, 6.45) is 20.2. The molecule has 0 atom stereocenters. The molecule has 0 spiro atoms. The molecular formula is C39H57NO6. The minimum Gasteiger partial charge on any atom is -0.464 e. The van der Waals surface area contributed by atoms with Crippen LogP contribution in [0.5, 0.6) is 0 Å². The summed E-state index contributed by atoms with van der Waals surface area (Å²) in [6, 6.07) is 0. The van der Waals surface area contributed by atoms with Crippen LogP contribution in [-0.4, -0.2) is 62.3 Å². The molecule has 0 aromatic heterocycles. The maximum atomic E-state index is 13.5. The summed E-state index contributed by atoms with van der Waals surface area (Å²) in [5.74, 6) is 7.12. The van der Waals surface area contributed by atoms with Crippen LogP contribution in [0.1, 0.15) is 109 Å². The van der Waals surface area contributed by atoms with E-state index in [9.17, 15) is 14.4 Å². The van der Waals surface area contributed by atoms with Crippen molar-refractivity contribution in [2.75, 3.05) is 39.5 Å². The molecule has 12 aliphatic carbocycles. The molecule has 0 unspecified atom stereocenters. The van der Waals surface area contributed by atoms with Gasteiger partial charge in [0.05, 0.1) is 16.7 Å². The molecule has 0 radical (unpaired) electrons. The van der Waals surface area contributed by atoms with Crippen LogP contribution >= 0.6 is 0 Å². The molecule has 12 saturated carbocycles. The van der Waals surface area contributed by atoms with Crippen molar-refractivity contribution in [1.82, 2.24) is 4.90 Å². The van der Waals surface area contributed by atoms with Crippen LogP contribution in [0.3, 0.4) is 0 Å². The fourth-order valence-electron chi connectivity index (χ4n) is 14.6. The number of esters is 3. The van der Waals surface area contributed by atoms with E-state index < -0.39 is 0 Å². The summed E-state index contributed by atoms with van der Waals surface area (Å²) in [7, 11) is 0. The molecular weight excluding hydrogens is 578 g/mol. The van der Waals surface area contributed by atoms with Gasteiger partial charge in [0.2, 0.25) is 0 Å². The van der Waals surface area contributed by atoms with Crippen molar-refractivity contribution in [2.24, 2.45) is 75.9 Å². The Morgan fingerprint density at radius 1 is 0.457 bits per heavy atom. The van der Waals surface area contributed by atoms with Gasteiger partial charge in [0.25, 0.3) is 0 Å². The lowest BCUT2D eigenvalue weighted by molar-refractivity contribution is -0.172. The first-order valence-electron chi connectivity index (χ1n) is 19.5. The van der Waals surface area contributed by atoms with Gasteiger partial charge in [-0.1, -0.05) is 0 Å². The lowest BCUT2D eigenvalue weighted by Gasteiger charge is -2.55. The Balaban J connectivity index is 0.793. The van der Waals surface area contributed by atoms with E-state index in [1.54, 1.807) is 0 Å². The summed E-state index contributed by atoms with van der Waals surface area (Å²) < 4.78 is 18.1. The highest BCUT2D eigenvalue weighted by Gasteiger charge is 2.57. The topological polar surface area (TPSA) is 82.1 Å². The maximum Gasteiger partial charge on any atom is 0.312 e. The van der Waals surface area contributed by atoms with Crippen molar-refractivity contribution in [3.8, 4) is 0 Å². The minimum atomic E-state index is -0.249. The van der Waals surface area contributed by atoms with Gasteiger partial charge in [0.1, 0.15) is 19.8 Å². The Labute approximate surface area is 275 Å². The molecule has 12 rings (SSSR count). The van der Waals surface area contributed by atoms with Gasteiger partial charge >= 0.3 is 17.9 Å². The lowest BCUT2D eigenvalue weighted by Crippen LogP contribution is -2.51. The fourth-order valence-corrected chi connectivity index (χ4v) is 14.6. The monoisotopic (exact) mass is 635 g/mol. The van der Waals surface area contributed by atoms with Crippen molar-refractivity contribution < 1.29 is 28.6 Å². The Morgan fingerprint density at radius 3 is 1.15 bits per heavy atom. The molecule has 0 saturated heterocycles. The number of carbonyl (C=O) groups excluding carboxylic acids is 3. The Bertz CT molecular complexity index is 1050. The van der Waals surface area contributed by atoms with E-state index in [2.05, 4.69) is 4.90 Å². The smallest absolute Gasteiger partial charge is 0.312 e. The zero-order valence-corrected chi connectivity index (χ0v) is 28.0. The third-order valence-electron chi connectivity index (χ3n) is 15.4. The summed E-state index contributed by atoms with van der Waals surface area (Å²) in [6.45, 7) is 2.74. The van der Waals surface area contributed by atoms with Gasteiger partial charge in [-0.25, -0.2) is 0 Å². The van der Waals surface area contributed by atoms with E-state index in [1.165, 1.54) is 70.6 Å². The third-order valence-corrected chi connectivity index (χ3v) is 15.4. The Kier molecular flexibility index (Phi) is 7.78. The molecule has 7 nitrogen and oxygen atoms in total. The third kappa shape index (κ3) is 5.54. The number of rotatable bonds is 12. The summed E-state index contributed by atoms with van der Waals surface area (Å²) >= 11 is 0. The van der Waals surface area contributed by atoms with Gasteiger partial charge in [0.15, 0.2) is 0 Å². The fraction of sp³-hybridized carbons (Fsp3) is 0.923. The van der Waals surface area contributed by atoms with E-state index in [-0.39, 0.29) is 34.7 Å². The average Bonchev–Trinajstić information content (AvgIpc) is 2.99. The van der Waals surface area contributed by atoms with Crippen molar-refractivity contribution in [3.05, 3.63) is 0 Å². The molecule has 7 heteroatoms. The molecule has 12 fully saturated rings. The van der Waals surface area contributed by atoms with Crippen LogP contribution in [0.2, 0.25) is 0 Å². The SMILES string of the molecule is O=C(OCCN(CCOC(=O)C12CC3CC(CC(C3)C1)C2)CCOC(=O)C12CC3CC(CC(C3)C1)C2)C1C2CC3CC(C2)CC1C3. The van der Waals surface area contributed by atoms with E-state index in [1.807, 2.05) is 0 Å². The van der Waals surface area contributed by atoms with Crippen molar-refractivity contribution >= 4 is 17.9 Å². The van der Waals surface area contributed by atoms with Crippen molar-refractivity contribution in [2.45, 2.75) is 109 Å². The zero-order valence-electron chi connectivity index (χ0n) is 28.0. The second kappa shape index (κ2) is 11.8. The van der Waals surface area contributed by atoms with E-state index in [4.69, 9.17) is 14.2 Å². The highest BCUT2D eigenvalue weighted by Crippen LogP contribution is 2.62. The molecule has 0 amide bonds. The zero-order chi connectivity index (χ0) is 31.0. The predicted molar refractivity (Wildman–Crippen MR) is 171 cm³/mol. The number of hydrogen-bond donors (Lipinski definition) is 0. The highest BCUT2D eigenvalue weighted by atomic mass is 16.5. The Hall–Kier alpha value is -1.63. The number of nitrogens with zero attached hydrogens (tertiary/aromatic N) is 1. The van der Waals surface area contributed by atoms with Crippen LogP contribution in [0, 0.1) is 75.9 Å². The first-order valence-corrected chi connectivity index (χ1v) is 19.5. The molecule has 0 aromatic carbocycles. The average molecular weight is 636 g/mol. The van der Waals surface area contributed by atoms with Gasteiger partial charge in [-0.2, -0.15) is 0 Å². The number of hydrogen-bond acceptors (Lipinski definition) is 7. The van der Waals surface area contributed by atoms with Crippen molar-refractivity contribution in [3.63, 3.8) is 0 Å².